The van der Waals surface area contributed by atoms with Crippen molar-refractivity contribution < 1.29 is 13.2 Å². The zero-order chi connectivity index (χ0) is 14.2. The number of hydrogen-bond acceptors (Lipinski definition) is 2. The molecule has 0 unspecified atom stereocenters. The molecule has 0 amide bonds. The van der Waals surface area contributed by atoms with Crippen molar-refractivity contribution in [1.82, 2.24) is 9.55 Å². The molecule has 0 aliphatic carbocycles. The average Bonchev–Trinajstić information content (AvgIpc) is 2.82. The molecule has 0 N–H and O–H groups in total. The lowest BCUT2D eigenvalue weighted by atomic mass is 10.0. The van der Waals surface area contributed by atoms with Crippen LogP contribution < -0.4 is 0 Å². The van der Waals surface area contributed by atoms with Crippen LogP contribution in [0.1, 0.15) is 22.6 Å². The van der Waals surface area contributed by atoms with Crippen LogP contribution >= 0.6 is 0 Å². The molecule has 2 aromatic rings. The molecule has 0 bridgehead atoms. The van der Waals surface area contributed by atoms with E-state index in [0.717, 1.165) is 11.8 Å². The first-order valence-electron chi connectivity index (χ1n) is 6.25. The SMILES string of the molecule is FC(F)(F)c1ccccc1Cc1cnc2n1CCN=C2. The predicted octanol–water partition coefficient (Wildman–Crippen LogP) is 2.93. The third kappa shape index (κ3) is 2.33. The fraction of sp³-hybridized carbons (Fsp3) is 0.286. The van der Waals surface area contributed by atoms with Crippen molar-refractivity contribution in [2.75, 3.05) is 6.54 Å². The Labute approximate surface area is 113 Å². The molecule has 1 aliphatic rings. The Balaban J connectivity index is 1.97. The predicted molar refractivity (Wildman–Crippen MR) is 68.9 cm³/mol. The van der Waals surface area contributed by atoms with Crippen molar-refractivity contribution in [2.24, 2.45) is 4.99 Å². The van der Waals surface area contributed by atoms with Crippen LogP contribution in [0.25, 0.3) is 0 Å². The topological polar surface area (TPSA) is 30.2 Å². The highest BCUT2D eigenvalue weighted by atomic mass is 19.4. The van der Waals surface area contributed by atoms with E-state index in [0.29, 0.717) is 18.9 Å². The number of rotatable bonds is 2. The van der Waals surface area contributed by atoms with Crippen molar-refractivity contribution in [3.63, 3.8) is 0 Å². The molecular weight excluding hydrogens is 267 g/mol. The Kier molecular flexibility index (Phi) is 3.08. The van der Waals surface area contributed by atoms with E-state index in [2.05, 4.69) is 9.98 Å². The highest BCUT2D eigenvalue weighted by molar-refractivity contribution is 5.75. The number of imidazole rings is 1. The minimum atomic E-state index is -4.33. The summed E-state index contributed by atoms with van der Waals surface area (Å²) < 4.78 is 40.8. The number of nitrogens with zero attached hydrogens (tertiary/aromatic N) is 3. The Bertz CT molecular complexity index is 656. The summed E-state index contributed by atoms with van der Waals surface area (Å²) in [5.41, 5.74) is 0.466. The summed E-state index contributed by atoms with van der Waals surface area (Å²) in [4.78, 5) is 8.28. The lowest BCUT2D eigenvalue weighted by Crippen LogP contribution is -2.15. The van der Waals surface area contributed by atoms with Crippen LogP contribution in [0.3, 0.4) is 0 Å². The van der Waals surface area contributed by atoms with Gasteiger partial charge in [0.2, 0.25) is 0 Å². The number of aliphatic imine (C=N–C) groups is 1. The number of aromatic nitrogens is 2. The second kappa shape index (κ2) is 4.77. The summed E-state index contributed by atoms with van der Waals surface area (Å²) in [6.45, 7) is 1.30. The van der Waals surface area contributed by atoms with E-state index in [1.165, 1.54) is 12.1 Å². The Morgan fingerprint density at radius 2 is 2.00 bits per heavy atom. The van der Waals surface area contributed by atoms with Gasteiger partial charge in [0.05, 0.1) is 18.3 Å². The zero-order valence-corrected chi connectivity index (χ0v) is 10.6. The maximum Gasteiger partial charge on any atom is 0.416 e. The minimum Gasteiger partial charge on any atom is -0.325 e. The quantitative estimate of drug-likeness (QED) is 0.831. The van der Waals surface area contributed by atoms with Crippen molar-refractivity contribution >= 4 is 6.21 Å². The van der Waals surface area contributed by atoms with Crippen molar-refractivity contribution in [2.45, 2.75) is 19.1 Å². The van der Waals surface area contributed by atoms with Crippen LogP contribution in [-0.2, 0) is 19.1 Å². The molecule has 2 heterocycles. The monoisotopic (exact) mass is 279 g/mol. The van der Waals surface area contributed by atoms with Gasteiger partial charge >= 0.3 is 6.18 Å². The lowest BCUT2D eigenvalue weighted by molar-refractivity contribution is -0.138. The van der Waals surface area contributed by atoms with Crippen molar-refractivity contribution in [1.29, 1.82) is 0 Å². The standard InChI is InChI=1S/C14H12F3N3/c15-14(16,17)12-4-2-1-3-10(12)7-11-8-19-13-9-18-5-6-20(11)13/h1-4,8-9H,5-7H2. The molecule has 0 fully saturated rings. The number of fused-ring (bicyclic) bond motifs is 1. The van der Waals surface area contributed by atoms with Gasteiger partial charge in [-0.1, -0.05) is 18.2 Å². The average molecular weight is 279 g/mol. The van der Waals surface area contributed by atoms with Crippen LogP contribution in [0.5, 0.6) is 0 Å². The van der Waals surface area contributed by atoms with E-state index >= 15 is 0 Å². The second-order valence-electron chi connectivity index (χ2n) is 4.63. The number of halogens is 3. The molecular formula is C14H12F3N3. The number of benzene rings is 1. The smallest absolute Gasteiger partial charge is 0.325 e. The summed E-state index contributed by atoms with van der Waals surface area (Å²) in [7, 11) is 0. The van der Waals surface area contributed by atoms with Gasteiger partial charge in [-0.3, -0.25) is 4.99 Å². The first kappa shape index (κ1) is 12.9. The largest absolute Gasteiger partial charge is 0.416 e. The molecule has 0 spiro atoms. The van der Waals surface area contributed by atoms with Gasteiger partial charge < -0.3 is 4.57 Å². The zero-order valence-electron chi connectivity index (χ0n) is 10.6. The molecule has 3 nitrogen and oxygen atoms in total. The van der Waals surface area contributed by atoms with Crippen LogP contribution in [0.2, 0.25) is 0 Å². The molecule has 1 aliphatic heterocycles. The fourth-order valence-corrected chi connectivity index (χ4v) is 2.38. The maximum atomic E-state index is 13.0. The van der Waals surface area contributed by atoms with Crippen LogP contribution in [0.15, 0.2) is 35.5 Å². The van der Waals surface area contributed by atoms with E-state index in [1.807, 2.05) is 4.57 Å². The van der Waals surface area contributed by atoms with Gasteiger partial charge in [0.1, 0.15) is 0 Å². The summed E-state index contributed by atoms with van der Waals surface area (Å²) in [6.07, 6.45) is -0.832. The van der Waals surface area contributed by atoms with Crippen LogP contribution in [0, 0.1) is 0 Å². The number of hydrogen-bond donors (Lipinski definition) is 0. The van der Waals surface area contributed by atoms with Gasteiger partial charge in [-0.25, -0.2) is 4.98 Å². The van der Waals surface area contributed by atoms with Gasteiger partial charge in [-0.2, -0.15) is 13.2 Å². The highest BCUT2D eigenvalue weighted by Crippen LogP contribution is 2.32. The van der Waals surface area contributed by atoms with Crippen LogP contribution in [-0.4, -0.2) is 22.3 Å². The van der Waals surface area contributed by atoms with Crippen molar-refractivity contribution in [3.8, 4) is 0 Å². The van der Waals surface area contributed by atoms with Gasteiger partial charge in [0, 0.05) is 24.9 Å². The summed E-state index contributed by atoms with van der Waals surface area (Å²) in [5.74, 6) is 0.704. The Morgan fingerprint density at radius 1 is 1.20 bits per heavy atom. The number of alkyl halides is 3. The fourth-order valence-electron chi connectivity index (χ4n) is 2.38. The van der Waals surface area contributed by atoms with E-state index < -0.39 is 11.7 Å². The molecule has 1 aromatic carbocycles. The highest BCUT2D eigenvalue weighted by Gasteiger charge is 2.33. The molecule has 0 saturated carbocycles. The van der Waals surface area contributed by atoms with Gasteiger partial charge in [-0.05, 0) is 11.6 Å². The van der Waals surface area contributed by atoms with E-state index in [-0.39, 0.29) is 12.0 Å². The van der Waals surface area contributed by atoms with Gasteiger partial charge in [-0.15, -0.1) is 0 Å². The second-order valence-corrected chi connectivity index (χ2v) is 4.63. The molecule has 6 heteroatoms. The van der Waals surface area contributed by atoms with Gasteiger partial charge in [0.25, 0.3) is 0 Å². The third-order valence-corrected chi connectivity index (χ3v) is 3.32. The first-order chi connectivity index (χ1) is 9.55. The van der Waals surface area contributed by atoms with E-state index in [1.54, 1.807) is 18.5 Å². The molecule has 1 aromatic heterocycles. The Morgan fingerprint density at radius 3 is 2.80 bits per heavy atom. The summed E-state index contributed by atoms with van der Waals surface area (Å²) >= 11 is 0. The molecule has 3 rings (SSSR count). The molecule has 0 saturated heterocycles. The van der Waals surface area contributed by atoms with Crippen molar-refractivity contribution in [3.05, 3.63) is 53.1 Å². The van der Waals surface area contributed by atoms with E-state index in [4.69, 9.17) is 0 Å². The lowest BCUT2D eigenvalue weighted by Gasteiger charge is -2.15. The normalized spacial score (nSPS) is 14.3. The van der Waals surface area contributed by atoms with E-state index in [9.17, 15) is 13.2 Å². The molecule has 104 valence electrons. The Hall–Kier alpha value is -2.11. The maximum absolute atomic E-state index is 13.0. The third-order valence-electron chi connectivity index (χ3n) is 3.32. The molecule has 0 radical (unpaired) electrons. The summed E-state index contributed by atoms with van der Waals surface area (Å²) in [5, 5.41) is 0. The first-order valence-corrected chi connectivity index (χ1v) is 6.25. The minimum absolute atomic E-state index is 0.219. The molecule has 0 atom stereocenters. The van der Waals surface area contributed by atoms with Crippen LogP contribution in [0.4, 0.5) is 13.2 Å². The molecule has 20 heavy (non-hydrogen) atoms. The van der Waals surface area contributed by atoms with Gasteiger partial charge in [0.15, 0.2) is 5.82 Å². The summed E-state index contributed by atoms with van der Waals surface area (Å²) in [6, 6.07) is 5.66.